The van der Waals surface area contributed by atoms with E-state index in [4.69, 9.17) is 22.1 Å². The number of alkyl halides is 3. The summed E-state index contributed by atoms with van der Waals surface area (Å²) in [6, 6.07) is 4.80. The minimum absolute atomic E-state index is 0.0694. The number of aryl methyl sites for hydroxylation is 1. The van der Waals surface area contributed by atoms with Crippen molar-refractivity contribution in [3.05, 3.63) is 58.0 Å². The van der Waals surface area contributed by atoms with Crippen molar-refractivity contribution in [3.8, 4) is 0 Å². The third-order valence-corrected chi connectivity index (χ3v) is 6.30. The number of rotatable bonds is 2. The molecule has 0 bridgehead atoms. The van der Waals surface area contributed by atoms with E-state index in [-0.39, 0.29) is 29.5 Å². The number of pyridine rings is 2. The Morgan fingerprint density at radius 3 is 2.76 bits per heavy atom. The summed E-state index contributed by atoms with van der Waals surface area (Å²) in [4.78, 5) is 23.0. The summed E-state index contributed by atoms with van der Waals surface area (Å²) in [6.07, 6.45) is -2.98. The lowest BCUT2D eigenvalue weighted by Crippen LogP contribution is -2.37. The first kappa shape index (κ1) is 22.4. The fraction of sp³-hybridized carbons (Fsp3) is 0.273. The summed E-state index contributed by atoms with van der Waals surface area (Å²) < 4.78 is 46.3. The maximum atomic E-state index is 13.5. The zero-order valence-corrected chi connectivity index (χ0v) is 18.8. The molecule has 0 saturated heterocycles. The van der Waals surface area contributed by atoms with E-state index in [2.05, 4.69) is 15.1 Å². The lowest BCUT2D eigenvalue weighted by molar-refractivity contribution is -0.141. The second kappa shape index (κ2) is 7.81. The van der Waals surface area contributed by atoms with E-state index in [0.29, 0.717) is 33.2 Å². The van der Waals surface area contributed by atoms with Gasteiger partial charge in [-0.1, -0.05) is 17.7 Å². The van der Waals surface area contributed by atoms with Gasteiger partial charge in [-0.2, -0.15) is 18.3 Å². The average Bonchev–Trinajstić information content (AvgIpc) is 3.19. The maximum absolute atomic E-state index is 13.5. The highest BCUT2D eigenvalue weighted by Gasteiger charge is 2.36. The Labute approximate surface area is 196 Å². The molecule has 8 nitrogen and oxygen atoms in total. The number of nitrogens with zero attached hydrogens (tertiary/aromatic N) is 5. The number of carbonyl (C=O) groups excluding carboxylic acids is 1. The second-order valence-electron chi connectivity index (χ2n) is 8.05. The van der Waals surface area contributed by atoms with Crippen LogP contribution in [-0.2, 0) is 24.6 Å². The minimum atomic E-state index is -4.57. The lowest BCUT2D eigenvalue weighted by Gasteiger charge is -2.33. The SMILES string of the molecule is CN(C(=O)c1cc2c(cc1Cl)nc(N)c1cnn(C)c12)[C@@H]1COCc2nc(C(F)(F)F)ccc21. The minimum Gasteiger partial charge on any atom is -0.383 e. The molecule has 2 N–H and O–H groups in total. The number of fused-ring (bicyclic) bond motifs is 4. The summed E-state index contributed by atoms with van der Waals surface area (Å²) in [7, 11) is 3.30. The highest BCUT2D eigenvalue weighted by atomic mass is 35.5. The predicted octanol–water partition coefficient (Wildman–Crippen LogP) is 4.11. The average molecular weight is 491 g/mol. The lowest BCUT2D eigenvalue weighted by atomic mass is 10.0. The van der Waals surface area contributed by atoms with Crippen LogP contribution >= 0.6 is 11.6 Å². The monoisotopic (exact) mass is 490 g/mol. The van der Waals surface area contributed by atoms with E-state index in [1.165, 1.54) is 11.0 Å². The predicted molar refractivity (Wildman–Crippen MR) is 119 cm³/mol. The fourth-order valence-corrected chi connectivity index (χ4v) is 4.48. The van der Waals surface area contributed by atoms with Gasteiger partial charge in [0.15, 0.2) is 0 Å². The Hall–Kier alpha value is -3.44. The molecule has 1 amide bonds. The number of carbonyl (C=O) groups is 1. The van der Waals surface area contributed by atoms with Crippen molar-refractivity contribution >= 4 is 45.1 Å². The first-order chi connectivity index (χ1) is 16.1. The summed E-state index contributed by atoms with van der Waals surface area (Å²) in [5.41, 5.74) is 7.09. The number of hydrogen-bond acceptors (Lipinski definition) is 6. The largest absolute Gasteiger partial charge is 0.433 e. The fourth-order valence-electron chi connectivity index (χ4n) is 4.24. The molecule has 176 valence electrons. The van der Waals surface area contributed by atoms with Crippen molar-refractivity contribution in [3.63, 3.8) is 0 Å². The van der Waals surface area contributed by atoms with Crippen LogP contribution in [0.2, 0.25) is 5.02 Å². The van der Waals surface area contributed by atoms with Gasteiger partial charge in [0, 0.05) is 25.0 Å². The zero-order chi connectivity index (χ0) is 24.4. The number of ether oxygens (including phenoxy) is 1. The molecule has 0 fully saturated rings. The van der Waals surface area contributed by atoms with Gasteiger partial charge in [0.2, 0.25) is 0 Å². The summed E-state index contributed by atoms with van der Waals surface area (Å²) in [5, 5.41) is 5.68. The van der Waals surface area contributed by atoms with Gasteiger partial charge in [-0.25, -0.2) is 9.97 Å². The van der Waals surface area contributed by atoms with Crippen molar-refractivity contribution in [2.75, 3.05) is 19.4 Å². The van der Waals surface area contributed by atoms with Crippen LogP contribution in [0.25, 0.3) is 21.8 Å². The smallest absolute Gasteiger partial charge is 0.383 e. The molecule has 12 heteroatoms. The number of nitrogens with two attached hydrogens (primary N) is 1. The van der Waals surface area contributed by atoms with Crippen molar-refractivity contribution in [1.29, 1.82) is 0 Å². The number of likely N-dealkylation sites (N-methyl/N-ethyl adjacent to an activating group) is 1. The van der Waals surface area contributed by atoms with Gasteiger partial charge in [0.05, 0.1) is 58.2 Å². The van der Waals surface area contributed by atoms with Crippen LogP contribution in [0.4, 0.5) is 19.0 Å². The molecular formula is C22H18ClF3N6O2. The van der Waals surface area contributed by atoms with Gasteiger partial charge in [0.1, 0.15) is 11.5 Å². The quantitative estimate of drug-likeness (QED) is 0.454. The van der Waals surface area contributed by atoms with E-state index >= 15 is 0 Å². The molecule has 0 spiro atoms. The standard InChI is InChI=1S/C22H18ClF3N6O2/c1-31(17-9-34-8-16-10(17)3-4-18(29-16)22(24,25)26)21(33)11-5-12-15(6-14(11)23)30-20(27)13-7-28-32(2)19(12)13/h3-7,17H,8-9H2,1-2H3,(H2,27,30)/t17-/m1/s1. The van der Waals surface area contributed by atoms with Crippen molar-refractivity contribution < 1.29 is 22.7 Å². The Morgan fingerprint density at radius 1 is 1.26 bits per heavy atom. The molecular weight excluding hydrogens is 473 g/mol. The molecule has 34 heavy (non-hydrogen) atoms. The van der Waals surface area contributed by atoms with Gasteiger partial charge in [-0.15, -0.1) is 0 Å². The molecule has 0 radical (unpaired) electrons. The molecule has 1 atom stereocenters. The summed E-state index contributed by atoms with van der Waals surface area (Å²) in [5.74, 6) is -0.134. The van der Waals surface area contributed by atoms with Crippen LogP contribution in [0, 0.1) is 0 Å². The Morgan fingerprint density at radius 2 is 2.03 bits per heavy atom. The summed E-state index contributed by atoms with van der Waals surface area (Å²) >= 11 is 6.45. The van der Waals surface area contributed by atoms with Crippen LogP contribution < -0.4 is 5.73 Å². The van der Waals surface area contributed by atoms with Crippen LogP contribution in [-0.4, -0.2) is 44.2 Å². The Kier molecular flexibility index (Phi) is 5.14. The van der Waals surface area contributed by atoms with Gasteiger partial charge in [0.25, 0.3) is 5.91 Å². The molecule has 1 aliphatic heterocycles. The molecule has 0 unspecified atom stereocenters. The van der Waals surface area contributed by atoms with Gasteiger partial charge in [-0.05, 0) is 18.2 Å². The van der Waals surface area contributed by atoms with Gasteiger partial charge >= 0.3 is 6.18 Å². The molecule has 0 aliphatic carbocycles. The number of halogens is 4. The molecule has 5 rings (SSSR count). The van der Waals surface area contributed by atoms with E-state index in [1.54, 1.807) is 37.1 Å². The van der Waals surface area contributed by atoms with E-state index in [0.717, 1.165) is 6.07 Å². The summed E-state index contributed by atoms with van der Waals surface area (Å²) in [6.45, 7) is 0.0393. The molecule has 4 heterocycles. The Balaban J connectivity index is 1.56. The van der Waals surface area contributed by atoms with Crippen LogP contribution in [0.5, 0.6) is 0 Å². The maximum Gasteiger partial charge on any atom is 0.433 e. The number of nitrogen functional groups attached to an aromatic ring is 1. The number of benzene rings is 1. The second-order valence-corrected chi connectivity index (χ2v) is 8.46. The molecule has 1 aliphatic rings. The molecule has 3 aromatic heterocycles. The number of aromatic nitrogens is 4. The number of hydrogen-bond donors (Lipinski definition) is 1. The van der Waals surface area contributed by atoms with Crippen LogP contribution in [0.3, 0.4) is 0 Å². The third kappa shape index (κ3) is 3.51. The first-order valence-corrected chi connectivity index (χ1v) is 10.6. The van der Waals surface area contributed by atoms with Crippen LogP contribution in [0.15, 0.2) is 30.5 Å². The number of anilines is 1. The molecule has 1 aromatic carbocycles. The van der Waals surface area contributed by atoms with Crippen molar-refractivity contribution in [2.45, 2.75) is 18.8 Å². The zero-order valence-electron chi connectivity index (χ0n) is 18.0. The third-order valence-electron chi connectivity index (χ3n) is 5.99. The first-order valence-electron chi connectivity index (χ1n) is 10.2. The van der Waals surface area contributed by atoms with E-state index in [9.17, 15) is 18.0 Å². The molecule has 0 saturated carbocycles. The van der Waals surface area contributed by atoms with Gasteiger partial charge < -0.3 is 15.4 Å². The van der Waals surface area contributed by atoms with Crippen LogP contribution in [0.1, 0.15) is 33.4 Å². The van der Waals surface area contributed by atoms with Gasteiger partial charge in [-0.3, -0.25) is 9.48 Å². The molecule has 4 aromatic rings. The number of amides is 1. The Bertz CT molecular complexity index is 1470. The van der Waals surface area contributed by atoms with Crippen molar-refractivity contribution in [1.82, 2.24) is 24.6 Å². The highest BCUT2D eigenvalue weighted by Crippen LogP contribution is 2.35. The van der Waals surface area contributed by atoms with E-state index in [1.807, 2.05) is 0 Å². The highest BCUT2D eigenvalue weighted by molar-refractivity contribution is 6.35. The normalized spacial score (nSPS) is 16.1. The van der Waals surface area contributed by atoms with Crippen molar-refractivity contribution in [2.24, 2.45) is 7.05 Å². The topological polar surface area (TPSA) is 99.2 Å². The van der Waals surface area contributed by atoms with E-state index < -0.39 is 23.8 Å².